The van der Waals surface area contributed by atoms with Crippen LogP contribution >= 0.6 is 0 Å². The van der Waals surface area contributed by atoms with Gasteiger partial charge in [-0.2, -0.15) is 0 Å². The number of fused-ring (bicyclic) bond motifs is 1. The first-order valence-corrected chi connectivity index (χ1v) is 8.44. The van der Waals surface area contributed by atoms with Crippen molar-refractivity contribution in [3.05, 3.63) is 29.7 Å². The van der Waals surface area contributed by atoms with Crippen LogP contribution in [0.5, 0.6) is 0 Å². The number of nitrogens with two attached hydrogens (primary N) is 1. The Kier molecular flexibility index (Phi) is 4.13. The van der Waals surface area contributed by atoms with Gasteiger partial charge in [-0.3, -0.25) is 4.90 Å². The molecule has 0 bridgehead atoms. The fraction of sp³-hybridized carbons (Fsp3) is 0.611. The van der Waals surface area contributed by atoms with Gasteiger partial charge in [0.2, 0.25) is 0 Å². The van der Waals surface area contributed by atoms with Crippen molar-refractivity contribution in [3.8, 4) is 0 Å². The van der Waals surface area contributed by atoms with E-state index in [1.807, 2.05) is 18.3 Å². The van der Waals surface area contributed by atoms with E-state index in [9.17, 15) is 0 Å². The molecule has 1 aliphatic rings. The van der Waals surface area contributed by atoms with Gasteiger partial charge in [0, 0.05) is 23.8 Å². The van der Waals surface area contributed by atoms with Crippen LogP contribution in [0.1, 0.15) is 57.8 Å². The zero-order chi connectivity index (χ0) is 15.7. The van der Waals surface area contributed by atoms with Gasteiger partial charge in [0.15, 0.2) is 0 Å². The number of hydrogen-bond donors (Lipinski definition) is 1. The number of nitrogens with zero attached hydrogens (tertiary/aromatic N) is 3. The van der Waals surface area contributed by atoms with Gasteiger partial charge in [-0.05, 0) is 38.1 Å². The molecule has 0 amide bonds. The molecule has 1 aliphatic heterocycles. The molecule has 22 heavy (non-hydrogen) atoms. The first-order chi connectivity index (χ1) is 10.4. The van der Waals surface area contributed by atoms with Crippen LogP contribution in [-0.4, -0.2) is 27.4 Å². The van der Waals surface area contributed by atoms with E-state index in [4.69, 9.17) is 10.7 Å². The summed E-state index contributed by atoms with van der Waals surface area (Å²) < 4.78 is 2.20. The normalized spacial score (nSPS) is 17.8. The Morgan fingerprint density at radius 1 is 1.09 bits per heavy atom. The van der Waals surface area contributed by atoms with E-state index < -0.39 is 0 Å². The minimum absolute atomic E-state index is 0.0436. The van der Waals surface area contributed by atoms with Crippen LogP contribution in [0, 0.1) is 0 Å². The summed E-state index contributed by atoms with van der Waals surface area (Å²) in [5, 5.41) is 0. The SMILES string of the molecule is CC(C)(C)c1nc2ccc(N)cn2c1CN1CCCCCC1. The first kappa shape index (κ1) is 15.3. The molecule has 4 heteroatoms. The number of nitrogen functional groups attached to an aromatic ring is 1. The lowest BCUT2D eigenvalue weighted by atomic mass is 9.90. The molecule has 0 unspecified atom stereocenters. The summed E-state index contributed by atoms with van der Waals surface area (Å²) in [6.07, 6.45) is 7.36. The van der Waals surface area contributed by atoms with Crippen molar-refractivity contribution < 1.29 is 0 Å². The first-order valence-electron chi connectivity index (χ1n) is 8.44. The molecular formula is C18H28N4. The Morgan fingerprint density at radius 3 is 2.41 bits per heavy atom. The molecule has 4 nitrogen and oxygen atoms in total. The fourth-order valence-corrected chi connectivity index (χ4v) is 3.37. The van der Waals surface area contributed by atoms with Crippen molar-refractivity contribution >= 4 is 11.3 Å². The fourth-order valence-electron chi connectivity index (χ4n) is 3.37. The topological polar surface area (TPSA) is 46.6 Å². The molecule has 3 rings (SSSR count). The average Bonchev–Trinajstić information content (AvgIpc) is 2.63. The van der Waals surface area contributed by atoms with E-state index in [2.05, 4.69) is 30.1 Å². The quantitative estimate of drug-likeness (QED) is 0.922. The predicted molar refractivity (Wildman–Crippen MR) is 92.0 cm³/mol. The van der Waals surface area contributed by atoms with Crippen LogP contribution in [0.15, 0.2) is 18.3 Å². The van der Waals surface area contributed by atoms with E-state index in [0.717, 1.165) is 17.9 Å². The third-order valence-electron chi connectivity index (χ3n) is 4.52. The molecule has 0 spiro atoms. The minimum Gasteiger partial charge on any atom is -0.398 e. The van der Waals surface area contributed by atoms with Crippen molar-refractivity contribution in [1.82, 2.24) is 14.3 Å². The van der Waals surface area contributed by atoms with Gasteiger partial charge >= 0.3 is 0 Å². The highest BCUT2D eigenvalue weighted by Crippen LogP contribution is 2.28. The van der Waals surface area contributed by atoms with Gasteiger partial charge in [-0.15, -0.1) is 0 Å². The van der Waals surface area contributed by atoms with Crippen LogP contribution in [0.2, 0.25) is 0 Å². The molecule has 120 valence electrons. The van der Waals surface area contributed by atoms with Gasteiger partial charge < -0.3 is 10.1 Å². The molecule has 1 fully saturated rings. The highest BCUT2D eigenvalue weighted by molar-refractivity contribution is 5.51. The summed E-state index contributed by atoms with van der Waals surface area (Å²) in [4.78, 5) is 7.47. The molecule has 0 aliphatic carbocycles. The van der Waals surface area contributed by atoms with Crippen LogP contribution in [0.3, 0.4) is 0 Å². The highest BCUT2D eigenvalue weighted by atomic mass is 15.2. The number of imidazole rings is 1. The molecule has 1 saturated heterocycles. The van der Waals surface area contributed by atoms with Gasteiger partial charge in [0.1, 0.15) is 5.65 Å². The Labute approximate surface area is 133 Å². The molecule has 0 atom stereocenters. The van der Waals surface area contributed by atoms with E-state index in [1.54, 1.807) is 0 Å². The maximum Gasteiger partial charge on any atom is 0.137 e. The Hall–Kier alpha value is -1.55. The standard InChI is InChI=1S/C18H28N4/c1-18(2,3)17-15(13-21-10-6-4-5-7-11-21)22-12-14(19)8-9-16(22)20-17/h8-9,12H,4-7,10-11,13,19H2,1-3H3. The second-order valence-electron chi connectivity index (χ2n) is 7.54. The number of hydrogen-bond acceptors (Lipinski definition) is 3. The molecule has 0 saturated carbocycles. The van der Waals surface area contributed by atoms with Crippen molar-refractivity contribution in [3.63, 3.8) is 0 Å². The second kappa shape index (κ2) is 5.92. The molecule has 0 aromatic carbocycles. The molecule has 3 heterocycles. The summed E-state index contributed by atoms with van der Waals surface area (Å²) in [7, 11) is 0. The molecule has 2 aromatic heterocycles. The summed E-state index contributed by atoms with van der Waals surface area (Å²) in [5.41, 5.74) is 10.3. The molecular weight excluding hydrogens is 272 g/mol. The van der Waals surface area contributed by atoms with Crippen molar-refractivity contribution in [2.75, 3.05) is 18.8 Å². The van der Waals surface area contributed by atoms with E-state index in [0.29, 0.717) is 0 Å². The smallest absolute Gasteiger partial charge is 0.137 e. The average molecular weight is 300 g/mol. The molecule has 2 N–H and O–H groups in total. The van der Waals surface area contributed by atoms with Gasteiger partial charge in [0.05, 0.1) is 11.4 Å². The highest BCUT2D eigenvalue weighted by Gasteiger charge is 2.25. The van der Waals surface area contributed by atoms with Gasteiger partial charge in [-0.25, -0.2) is 4.98 Å². The lowest BCUT2D eigenvalue weighted by Gasteiger charge is -2.23. The number of aromatic nitrogens is 2. The van der Waals surface area contributed by atoms with E-state index in [1.165, 1.54) is 50.2 Å². The summed E-state index contributed by atoms with van der Waals surface area (Å²) in [6.45, 7) is 10.1. The third kappa shape index (κ3) is 3.12. The number of anilines is 1. The zero-order valence-electron chi connectivity index (χ0n) is 14.1. The van der Waals surface area contributed by atoms with Crippen molar-refractivity contribution in [2.45, 2.75) is 58.4 Å². The van der Waals surface area contributed by atoms with Gasteiger partial charge in [0.25, 0.3) is 0 Å². The zero-order valence-corrected chi connectivity index (χ0v) is 14.1. The number of likely N-dealkylation sites (tertiary alicyclic amines) is 1. The Balaban J connectivity index is 2.02. The van der Waals surface area contributed by atoms with Crippen LogP contribution in [0.4, 0.5) is 5.69 Å². The van der Waals surface area contributed by atoms with Crippen LogP contribution in [0.25, 0.3) is 5.65 Å². The van der Waals surface area contributed by atoms with Gasteiger partial charge in [-0.1, -0.05) is 33.6 Å². The maximum atomic E-state index is 6.01. The van der Waals surface area contributed by atoms with E-state index >= 15 is 0 Å². The van der Waals surface area contributed by atoms with Crippen molar-refractivity contribution in [2.24, 2.45) is 0 Å². The predicted octanol–water partition coefficient (Wildman–Crippen LogP) is 3.59. The molecule has 0 radical (unpaired) electrons. The summed E-state index contributed by atoms with van der Waals surface area (Å²) >= 11 is 0. The van der Waals surface area contributed by atoms with Crippen LogP contribution < -0.4 is 5.73 Å². The number of rotatable bonds is 2. The monoisotopic (exact) mass is 300 g/mol. The largest absolute Gasteiger partial charge is 0.398 e. The van der Waals surface area contributed by atoms with Crippen LogP contribution in [-0.2, 0) is 12.0 Å². The van der Waals surface area contributed by atoms with Crippen molar-refractivity contribution in [1.29, 1.82) is 0 Å². The summed E-state index contributed by atoms with van der Waals surface area (Å²) in [6, 6.07) is 3.96. The molecule has 2 aromatic rings. The number of pyridine rings is 1. The van der Waals surface area contributed by atoms with E-state index in [-0.39, 0.29) is 5.41 Å². The summed E-state index contributed by atoms with van der Waals surface area (Å²) in [5.74, 6) is 0. The lowest BCUT2D eigenvalue weighted by Crippen LogP contribution is -2.27. The Bertz CT molecular complexity index is 643. The maximum absolute atomic E-state index is 6.01. The Morgan fingerprint density at radius 2 is 1.77 bits per heavy atom. The minimum atomic E-state index is 0.0436. The third-order valence-corrected chi connectivity index (χ3v) is 4.52. The lowest BCUT2D eigenvalue weighted by molar-refractivity contribution is 0.270. The second-order valence-corrected chi connectivity index (χ2v) is 7.54.